The van der Waals surface area contributed by atoms with Gasteiger partial charge in [-0.1, -0.05) is 242 Å². The van der Waals surface area contributed by atoms with Crippen molar-refractivity contribution >= 4 is 23.8 Å². The molecule has 78 heavy (non-hydrogen) atoms. The number of pyridine rings is 1. The van der Waals surface area contributed by atoms with E-state index in [0.717, 1.165) is 33.8 Å². The minimum Gasteiger partial charge on any atom is -0.248 e. The average Bonchev–Trinajstić information content (AvgIpc) is 3.34. The number of nitrogens with zero attached hydrogens (tertiary/aromatic N) is 1. The van der Waals surface area contributed by atoms with Gasteiger partial charge in [0.15, 0.2) is 0 Å². The molecule has 6 aromatic rings. The highest BCUT2D eigenvalue weighted by Gasteiger charge is 2.23. The molecule has 0 amide bonds. The molecule has 0 saturated carbocycles. The van der Waals surface area contributed by atoms with Crippen molar-refractivity contribution in [2.75, 3.05) is 0 Å². The maximum Gasteiger partial charge on any atom is 0.113 e. The molecule has 6 rings (SSSR count). The molecule has 0 unspecified atom stereocenters. The van der Waals surface area contributed by atoms with Crippen LogP contribution in [0.4, 0.5) is 0 Å². The van der Waals surface area contributed by atoms with Crippen molar-refractivity contribution < 1.29 is 0 Å². The van der Waals surface area contributed by atoms with Crippen molar-refractivity contribution in [1.82, 2.24) is 4.98 Å². The van der Waals surface area contributed by atoms with Crippen molar-refractivity contribution in [3.63, 3.8) is 0 Å². The van der Waals surface area contributed by atoms with Gasteiger partial charge in [0.25, 0.3) is 0 Å². The zero-order chi connectivity index (χ0) is 59.1. The molecule has 1 aromatic heterocycles. The molecule has 0 atom stereocenters. The van der Waals surface area contributed by atoms with Crippen LogP contribution in [0.5, 0.6) is 0 Å². The lowest BCUT2D eigenvalue weighted by atomic mass is 9.76. The summed E-state index contributed by atoms with van der Waals surface area (Å²) in [6.45, 7) is 45.6. The van der Waals surface area contributed by atoms with Gasteiger partial charge in [-0.2, -0.15) is 0 Å². The number of benzene rings is 5. The largest absolute Gasteiger partial charge is 0.248 e. The molecule has 412 valence electrons. The van der Waals surface area contributed by atoms with E-state index in [9.17, 15) is 0 Å². The lowest BCUT2D eigenvalue weighted by Crippen LogP contribution is -2.18. The minimum absolute atomic E-state index is 0.0531. The molecule has 0 radical (unpaired) electrons. The molecular weight excluding hydrogens is 962 g/mol. The fourth-order valence-corrected chi connectivity index (χ4v) is 6.45. The van der Waals surface area contributed by atoms with E-state index < -0.39 is 0 Å². The Labute approximate surface area is 483 Å². The highest BCUT2D eigenvalue weighted by atomic mass is 35.5. The van der Waals surface area contributed by atoms with E-state index in [1.54, 1.807) is 6.20 Å². The Bertz CT molecular complexity index is 2840. The summed E-state index contributed by atoms with van der Waals surface area (Å²) in [7, 11) is 0. The lowest BCUT2D eigenvalue weighted by Gasteiger charge is -2.27. The zero-order valence-corrected chi connectivity index (χ0v) is 52.7. The standard InChI is InChI=1S/C16H22.C13H18.C12H13Cl.C12H16.C12H14.C11H13N/c1-15(2,3)13-16(4,5)12-11-14-9-7-6-8-10-14;1-11(13(2,3)4)10-12-8-6-5-7-9-12;1-12(2,3)9-8-10-4-6-11(13)7-5-10;2*1-12(2,3)10-9-11-7-5-4-6-8-11;1-11(2,3)8-7-10-6-4-5-9-12-10/h6-10H,13H2,1-5H3;5-10H,1-4H3;4-7H,1-3H3;4-10H,1-3H3;4-8H,1-3H3;4-6,9H,1-3H3/b;11-10+;;10-9+;;. The first-order valence-corrected chi connectivity index (χ1v) is 27.7. The highest BCUT2D eigenvalue weighted by molar-refractivity contribution is 6.30. The van der Waals surface area contributed by atoms with Crippen LogP contribution in [0.1, 0.15) is 185 Å². The number of hydrogen-bond acceptors (Lipinski definition) is 1. The molecule has 0 aliphatic heterocycles. The van der Waals surface area contributed by atoms with Crippen LogP contribution >= 0.6 is 11.6 Å². The fourth-order valence-electron chi connectivity index (χ4n) is 6.32. The van der Waals surface area contributed by atoms with Gasteiger partial charge < -0.3 is 0 Å². The van der Waals surface area contributed by atoms with E-state index >= 15 is 0 Å². The van der Waals surface area contributed by atoms with Gasteiger partial charge in [-0.15, -0.1) is 0 Å². The summed E-state index contributed by atoms with van der Waals surface area (Å²) < 4.78 is 0. The summed E-state index contributed by atoms with van der Waals surface area (Å²) in [6, 6.07) is 54.4. The summed E-state index contributed by atoms with van der Waals surface area (Å²) >= 11 is 5.75. The van der Waals surface area contributed by atoms with Gasteiger partial charge in [-0.3, -0.25) is 0 Å². The van der Waals surface area contributed by atoms with Crippen LogP contribution in [0.3, 0.4) is 0 Å². The van der Waals surface area contributed by atoms with Crippen LogP contribution in [0.2, 0.25) is 5.02 Å². The monoisotopic (exact) mass is 1060 g/mol. The minimum atomic E-state index is 0.0531. The van der Waals surface area contributed by atoms with E-state index in [0.29, 0.717) is 5.41 Å². The first-order chi connectivity index (χ1) is 36.0. The van der Waals surface area contributed by atoms with E-state index in [-0.39, 0.29) is 32.5 Å². The molecule has 2 heteroatoms. The van der Waals surface area contributed by atoms with E-state index in [1.807, 2.05) is 103 Å². The number of halogens is 1. The van der Waals surface area contributed by atoms with Gasteiger partial charge in [-0.25, -0.2) is 4.98 Å². The summed E-state index contributed by atoms with van der Waals surface area (Å²) in [5.41, 5.74) is 9.17. The van der Waals surface area contributed by atoms with E-state index in [2.05, 4.69) is 277 Å². The lowest BCUT2D eigenvalue weighted by molar-refractivity contribution is 0.271. The van der Waals surface area contributed by atoms with E-state index in [1.165, 1.54) is 16.7 Å². The van der Waals surface area contributed by atoms with E-state index in [4.69, 9.17) is 11.6 Å². The molecule has 5 aromatic carbocycles. The predicted molar refractivity (Wildman–Crippen MR) is 347 cm³/mol. The smallest absolute Gasteiger partial charge is 0.113 e. The molecule has 0 fully saturated rings. The molecule has 0 saturated heterocycles. The number of aromatic nitrogens is 1. The molecule has 0 aliphatic rings. The topological polar surface area (TPSA) is 12.9 Å². The van der Waals surface area contributed by atoms with Crippen molar-refractivity contribution in [2.45, 2.75) is 152 Å². The summed E-state index contributed by atoms with van der Waals surface area (Å²) in [6.07, 6.45) is 9.51. The fraction of sp³-hybridized carbons (Fsp3) is 0.382. The second-order valence-electron chi connectivity index (χ2n) is 26.4. The molecule has 1 nitrogen and oxygen atoms in total. The number of allylic oxidation sites excluding steroid dienone is 2. The van der Waals surface area contributed by atoms with Crippen LogP contribution in [-0.2, 0) is 0 Å². The summed E-state index contributed by atoms with van der Waals surface area (Å²) in [4.78, 5) is 4.11. The SMILES string of the molecule is C/C(=C\c1ccccc1)C(C)(C)C.CC(C)(C)/C=C/c1ccccc1.CC(C)(C)C#Cc1ccc(Cl)cc1.CC(C)(C)C#Cc1ccccc1.CC(C)(C)C#Cc1ccccn1.CC(C)(C)CC(C)(C)C#Cc1ccccc1. The molecule has 0 spiro atoms. The zero-order valence-electron chi connectivity index (χ0n) is 51.9. The molecule has 0 aliphatic carbocycles. The maximum absolute atomic E-state index is 5.75. The third kappa shape index (κ3) is 40.5. The first kappa shape index (κ1) is 69.3. The van der Waals surface area contributed by atoms with Crippen LogP contribution in [-0.4, -0.2) is 4.98 Å². The Hall–Kier alpha value is -6.74. The van der Waals surface area contributed by atoms with Gasteiger partial charge in [-0.05, 0) is 183 Å². The Kier molecular flexibility index (Phi) is 29.8. The second kappa shape index (κ2) is 33.5. The van der Waals surface area contributed by atoms with Gasteiger partial charge in [0, 0.05) is 49.6 Å². The quantitative estimate of drug-likeness (QED) is 0.161. The van der Waals surface area contributed by atoms with Crippen molar-refractivity contribution in [2.24, 2.45) is 37.9 Å². The average molecular weight is 1060 g/mol. The van der Waals surface area contributed by atoms with Crippen LogP contribution in [0.25, 0.3) is 12.2 Å². The van der Waals surface area contributed by atoms with Crippen LogP contribution in [0, 0.1) is 85.3 Å². The Morgan fingerprint density at radius 2 is 0.795 bits per heavy atom. The number of rotatable bonds is 3. The molecule has 1 heterocycles. The number of hydrogen-bond donors (Lipinski definition) is 0. The van der Waals surface area contributed by atoms with Crippen LogP contribution in [0.15, 0.2) is 182 Å². The van der Waals surface area contributed by atoms with Gasteiger partial charge in [0.05, 0.1) is 0 Å². The van der Waals surface area contributed by atoms with Gasteiger partial charge >= 0.3 is 0 Å². The van der Waals surface area contributed by atoms with Crippen molar-refractivity contribution in [3.05, 3.63) is 220 Å². The highest BCUT2D eigenvalue weighted by Crippen LogP contribution is 2.32. The maximum atomic E-state index is 5.75. The van der Waals surface area contributed by atoms with Crippen molar-refractivity contribution in [1.29, 1.82) is 0 Å². The summed E-state index contributed by atoms with van der Waals surface area (Å²) in [5, 5.41) is 0.751. The molecular formula is C76H96ClN. The Morgan fingerprint density at radius 3 is 1.17 bits per heavy atom. The van der Waals surface area contributed by atoms with Crippen molar-refractivity contribution in [3.8, 4) is 47.4 Å². The van der Waals surface area contributed by atoms with Gasteiger partial charge in [0.1, 0.15) is 5.69 Å². The molecule has 0 bridgehead atoms. The Morgan fingerprint density at radius 1 is 0.423 bits per heavy atom. The third-order valence-corrected chi connectivity index (χ3v) is 10.5. The second-order valence-corrected chi connectivity index (χ2v) is 26.9. The first-order valence-electron chi connectivity index (χ1n) is 27.4. The van der Waals surface area contributed by atoms with Crippen LogP contribution < -0.4 is 0 Å². The molecule has 0 N–H and O–H groups in total. The summed E-state index contributed by atoms with van der Waals surface area (Å²) in [5.74, 6) is 25.4. The Balaban J connectivity index is 0.000000469. The third-order valence-electron chi connectivity index (χ3n) is 10.2. The predicted octanol–water partition coefficient (Wildman–Crippen LogP) is 21.7. The normalized spacial score (nSPS) is 11.4. The van der Waals surface area contributed by atoms with Gasteiger partial charge in [0.2, 0.25) is 0 Å².